The first-order valence-corrected chi connectivity index (χ1v) is 12.6. The van der Waals surface area contributed by atoms with E-state index in [1.54, 1.807) is 29.8 Å². The van der Waals surface area contributed by atoms with Crippen molar-refractivity contribution in [2.75, 3.05) is 24.9 Å². The fourth-order valence-corrected chi connectivity index (χ4v) is 4.94. The van der Waals surface area contributed by atoms with Crippen molar-refractivity contribution in [1.82, 2.24) is 19.6 Å². The molecule has 0 bridgehead atoms. The Balaban J connectivity index is 1.41. The lowest BCUT2D eigenvalue weighted by Gasteiger charge is -2.33. The second-order valence-electron chi connectivity index (χ2n) is 9.61. The third kappa shape index (κ3) is 5.21. The van der Waals surface area contributed by atoms with Crippen LogP contribution in [0.25, 0.3) is 0 Å². The van der Waals surface area contributed by atoms with Crippen molar-refractivity contribution in [2.45, 2.75) is 45.1 Å². The van der Waals surface area contributed by atoms with E-state index in [0.29, 0.717) is 35.0 Å². The van der Waals surface area contributed by atoms with Gasteiger partial charge in [-0.3, -0.25) is 9.48 Å². The summed E-state index contributed by atoms with van der Waals surface area (Å²) in [5, 5.41) is 14.5. The van der Waals surface area contributed by atoms with Gasteiger partial charge in [0, 0.05) is 12.5 Å². The SMILES string of the molecule is COc1ccc([C@H]2C[C@@H](C(F)(F)F)n3nc(C(=O)Nc4c(C)nn(Cc5ccccc5)c4C)cc3N2)cc1OC. The molecule has 0 radical (unpaired) electrons. The molecule has 1 amide bonds. The lowest BCUT2D eigenvalue weighted by Crippen LogP contribution is -2.35. The molecule has 0 saturated heterocycles. The molecular weight excluding hydrogens is 525 g/mol. The van der Waals surface area contributed by atoms with E-state index in [1.807, 2.05) is 37.3 Å². The fraction of sp³-hybridized carbons (Fsp3) is 0.321. The number of aryl methyl sites for hydroxylation is 1. The van der Waals surface area contributed by atoms with Crippen LogP contribution in [-0.2, 0) is 6.54 Å². The van der Waals surface area contributed by atoms with Crippen LogP contribution >= 0.6 is 0 Å². The van der Waals surface area contributed by atoms with Gasteiger partial charge in [0.25, 0.3) is 5.91 Å². The second-order valence-corrected chi connectivity index (χ2v) is 9.61. The molecule has 0 fully saturated rings. The number of nitrogens with zero attached hydrogens (tertiary/aromatic N) is 4. The quantitative estimate of drug-likeness (QED) is 0.306. The zero-order valence-corrected chi connectivity index (χ0v) is 22.4. The minimum absolute atomic E-state index is 0.0896. The Hall–Kier alpha value is -4.48. The molecule has 1 aliphatic rings. The molecule has 0 unspecified atom stereocenters. The van der Waals surface area contributed by atoms with Crippen molar-refractivity contribution in [3.8, 4) is 11.5 Å². The Labute approximate surface area is 228 Å². The van der Waals surface area contributed by atoms with Crippen LogP contribution in [-0.4, -0.2) is 45.9 Å². The van der Waals surface area contributed by atoms with Crippen LogP contribution < -0.4 is 20.1 Å². The van der Waals surface area contributed by atoms with E-state index in [2.05, 4.69) is 20.8 Å². The Morgan fingerprint density at radius 1 is 1.05 bits per heavy atom. The highest BCUT2D eigenvalue weighted by Gasteiger charge is 2.47. The van der Waals surface area contributed by atoms with Crippen LogP contribution in [0.15, 0.2) is 54.6 Å². The molecule has 0 saturated carbocycles. The molecule has 2 atom stereocenters. The second kappa shape index (κ2) is 10.6. The fourth-order valence-electron chi connectivity index (χ4n) is 4.94. The number of halogens is 3. The van der Waals surface area contributed by atoms with Crippen LogP contribution in [0.2, 0.25) is 0 Å². The summed E-state index contributed by atoms with van der Waals surface area (Å²) in [5.74, 6) is 0.337. The van der Waals surface area contributed by atoms with Crippen LogP contribution in [0.5, 0.6) is 11.5 Å². The van der Waals surface area contributed by atoms with Crippen LogP contribution in [0, 0.1) is 13.8 Å². The van der Waals surface area contributed by atoms with Crippen molar-refractivity contribution in [3.63, 3.8) is 0 Å². The summed E-state index contributed by atoms with van der Waals surface area (Å²) >= 11 is 0. The lowest BCUT2D eigenvalue weighted by atomic mass is 9.96. The summed E-state index contributed by atoms with van der Waals surface area (Å²) in [6.45, 7) is 4.10. The third-order valence-corrected chi connectivity index (χ3v) is 7.03. The van der Waals surface area contributed by atoms with E-state index in [9.17, 15) is 18.0 Å². The summed E-state index contributed by atoms with van der Waals surface area (Å²) in [7, 11) is 2.95. The minimum atomic E-state index is -4.59. The molecule has 9 nitrogen and oxygen atoms in total. The lowest BCUT2D eigenvalue weighted by molar-refractivity contribution is -0.173. The zero-order chi connectivity index (χ0) is 28.6. The predicted molar refractivity (Wildman–Crippen MR) is 143 cm³/mol. The smallest absolute Gasteiger partial charge is 0.410 e. The molecule has 40 heavy (non-hydrogen) atoms. The highest BCUT2D eigenvalue weighted by Crippen LogP contribution is 2.44. The van der Waals surface area contributed by atoms with Crippen LogP contribution in [0.4, 0.5) is 24.7 Å². The molecule has 2 N–H and O–H groups in total. The van der Waals surface area contributed by atoms with Gasteiger partial charge in [0.05, 0.1) is 43.9 Å². The molecule has 3 heterocycles. The Kier molecular flexibility index (Phi) is 7.17. The first-order chi connectivity index (χ1) is 19.1. The Morgan fingerprint density at radius 2 is 1.77 bits per heavy atom. The number of ether oxygens (including phenoxy) is 2. The normalized spacial score (nSPS) is 16.7. The number of rotatable bonds is 7. The van der Waals surface area contributed by atoms with E-state index in [1.165, 1.54) is 20.3 Å². The van der Waals surface area contributed by atoms with Crippen LogP contribution in [0.3, 0.4) is 0 Å². The van der Waals surface area contributed by atoms with E-state index in [-0.39, 0.29) is 17.9 Å². The van der Waals surface area contributed by atoms with E-state index < -0.39 is 24.2 Å². The van der Waals surface area contributed by atoms with Crippen molar-refractivity contribution in [3.05, 3.63) is 82.8 Å². The highest BCUT2D eigenvalue weighted by atomic mass is 19.4. The van der Waals surface area contributed by atoms with Gasteiger partial charge in [-0.2, -0.15) is 23.4 Å². The predicted octanol–water partition coefficient (Wildman–Crippen LogP) is 5.67. The Morgan fingerprint density at radius 3 is 2.45 bits per heavy atom. The standard InChI is InChI=1S/C28H29F3N6O3/c1-16-26(17(2)36(34-16)15-18-8-6-5-7-9-18)33-27(38)21-14-25-32-20(13-24(28(29,30)31)37(25)35-21)19-10-11-22(39-3)23(12-19)40-4/h5-12,14,20,24,32H,13,15H2,1-4H3,(H,33,38)/t20-,24+/m1/s1. The maximum Gasteiger partial charge on any atom is 0.410 e. The van der Waals surface area contributed by atoms with Crippen molar-refractivity contribution < 1.29 is 27.4 Å². The zero-order valence-electron chi connectivity index (χ0n) is 22.4. The third-order valence-electron chi connectivity index (χ3n) is 7.03. The molecule has 0 spiro atoms. The van der Waals surface area contributed by atoms with E-state index in [0.717, 1.165) is 15.9 Å². The van der Waals surface area contributed by atoms with Crippen molar-refractivity contribution >= 4 is 17.4 Å². The number of carbonyl (C=O) groups excluding carboxylic acids is 1. The molecule has 2 aromatic carbocycles. The molecular formula is C28H29F3N6O3. The number of carbonyl (C=O) groups is 1. The molecule has 2 aromatic heterocycles. The monoisotopic (exact) mass is 554 g/mol. The number of benzene rings is 2. The number of methoxy groups -OCH3 is 2. The average molecular weight is 555 g/mol. The van der Waals surface area contributed by atoms with Crippen LogP contribution in [0.1, 0.15) is 51.5 Å². The number of nitrogens with one attached hydrogen (secondary N) is 2. The Bertz CT molecular complexity index is 1530. The maximum atomic E-state index is 14.2. The van der Waals surface area contributed by atoms with Crippen molar-refractivity contribution in [2.24, 2.45) is 0 Å². The molecule has 4 aromatic rings. The number of alkyl halides is 3. The van der Waals surface area contributed by atoms with Gasteiger partial charge in [0.2, 0.25) is 0 Å². The number of hydrogen-bond donors (Lipinski definition) is 2. The van der Waals surface area contributed by atoms with Gasteiger partial charge < -0.3 is 20.1 Å². The topological polar surface area (TPSA) is 95.2 Å². The van der Waals surface area contributed by atoms with E-state index in [4.69, 9.17) is 9.47 Å². The van der Waals surface area contributed by atoms with Gasteiger partial charge in [0.1, 0.15) is 5.82 Å². The summed E-state index contributed by atoms with van der Waals surface area (Å²) in [6, 6.07) is 13.4. The number of anilines is 2. The van der Waals surface area contributed by atoms with Gasteiger partial charge in [-0.05, 0) is 37.1 Å². The first kappa shape index (κ1) is 27.1. The summed E-state index contributed by atoms with van der Waals surface area (Å²) in [4.78, 5) is 13.2. The minimum Gasteiger partial charge on any atom is -0.493 e. The maximum absolute atomic E-state index is 14.2. The largest absolute Gasteiger partial charge is 0.493 e. The molecule has 210 valence electrons. The summed E-state index contributed by atoms with van der Waals surface area (Å²) in [6.07, 6.45) is -4.91. The first-order valence-electron chi connectivity index (χ1n) is 12.6. The summed E-state index contributed by atoms with van der Waals surface area (Å²) in [5.41, 5.74) is 3.29. The number of aromatic nitrogens is 4. The average Bonchev–Trinajstić information content (AvgIpc) is 3.48. The number of fused-ring (bicyclic) bond motifs is 1. The van der Waals surface area contributed by atoms with Gasteiger partial charge in [-0.1, -0.05) is 36.4 Å². The molecule has 1 aliphatic heterocycles. The van der Waals surface area contributed by atoms with Gasteiger partial charge in [0.15, 0.2) is 23.2 Å². The number of amides is 1. The highest BCUT2D eigenvalue weighted by molar-refractivity contribution is 6.04. The molecule has 5 rings (SSSR count). The molecule has 12 heteroatoms. The summed E-state index contributed by atoms with van der Waals surface area (Å²) < 4.78 is 55.7. The van der Waals surface area contributed by atoms with Crippen molar-refractivity contribution in [1.29, 1.82) is 0 Å². The van der Waals surface area contributed by atoms with Gasteiger partial charge in [-0.25, -0.2) is 4.68 Å². The van der Waals surface area contributed by atoms with Gasteiger partial charge >= 0.3 is 6.18 Å². The van der Waals surface area contributed by atoms with Gasteiger partial charge in [-0.15, -0.1) is 0 Å². The molecule has 0 aliphatic carbocycles. The van der Waals surface area contributed by atoms with E-state index >= 15 is 0 Å². The number of hydrogen-bond acceptors (Lipinski definition) is 6.